The van der Waals surface area contributed by atoms with E-state index < -0.39 is 11.7 Å². The van der Waals surface area contributed by atoms with E-state index in [-0.39, 0.29) is 11.8 Å². The Morgan fingerprint density at radius 3 is 1.85 bits per heavy atom. The number of hydrogen-bond donors (Lipinski definition) is 0. The zero-order valence-corrected chi connectivity index (χ0v) is 30.4. The van der Waals surface area contributed by atoms with Crippen LogP contribution in [-0.4, -0.2) is 9.55 Å². The number of aromatic nitrogens is 2. The molecule has 3 nitrogen and oxygen atoms in total. The van der Waals surface area contributed by atoms with Gasteiger partial charge in [0.1, 0.15) is 17.0 Å². The van der Waals surface area contributed by atoms with Crippen LogP contribution < -0.4 is 0 Å². The topological polar surface area (TPSA) is 31.0 Å². The summed E-state index contributed by atoms with van der Waals surface area (Å²) in [6, 6.07) is 45.5. The summed E-state index contributed by atoms with van der Waals surface area (Å²) < 4.78 is 50.5. The number of alkyl halides is 3. The maximum absolute atomic E-state index is 13.9. The van der Waals surface area contributed by atoms with Gasteiger partial charge in [0, 0.05) is 16.2 Å². The van der Waals surface area contributed by atoms with Crippen LogP contribution in [0.4, 0.5) is 13.2 Å². The molecule has 54 heavy (non-hydrogen) atoms. The fourth-order valence-corrected chi connectivity index (χ4v) is 7.83. The van der Waals surface area contributed by atoms with E-state index in [1.807, 2.05) is 54.6 Å². The molecule has 9 aromatic rings. The standard InChI is InChI=1S/C48H37F3N2O/c1-28(2)39-25-34(32-19-17-31(18-20-32)30-11-6-5-7-12-30)26-40(29(3)4)44(39)53-43-16-9-8-15-42(43)52-47(53)38-14-10-13-36-37-24-22-33-21-23-35(48(49,50)51)27-41(33)46(37)54-45(36)38/h5-29H,1-4H3. The van der Waals surface area contributed by atoms with E-state index in [2.05, 4.69) is 99.0 Å². The van der Waals surface area contributed by atoms with Crippen LogP contribution in [0.3, 0.4) is 0 Å². The zero-order chi connectivity index (χ0) is 37.3. The van der Waals surface area contributed by atoms with Crippen LogP contribution in [0.5, 0.6) is 0 Å². The minimum absolute atomic E-state index is 0.172. The molecule has 9 rings (SSSR count). The van der Waals surface area contributed by atoms with E-state index in [0.717, 1.165) is 50.2 Å². The number of hydrogen-bond acceptors (Lipinski definition) is 2. The second-order valence-corrected chi connectivity index (χ2v) is 14.7. The Labute approximate surface area is 311 Å². The van der Waals surface area contributed by atoms with E-state index in [1.165, 1.54) is 34.4 Å². The van der Waals surface area contributed by atoms with E-state index in [1.54, 1.807) is 0 Å². The van der Waals surface area contributed by atoms with Crippen molar-refractivity contribution in [3.05, 3.63) is 156 Å². The third-order valence-electron chi connectivity index (χ3n) is 10.6. The minimum atomic E-state index is -4.47. The van der Waals surface area contributed by atoms with Gasteiger partial charge in [-0.15, -0.1) is 0 Å². The molecule has 0 aliphatic rings. The molecule has 0 amide bonds. The summed E-state index contributed by atoms with van der Waals surface area (Å²) in [7, 11) is 0. The van der Waals surface area contributed by atoms with Crippen molar-refractivity contribution in [3.63, 3.8) is 0 Å². The quantitative estimate of drug-likeness (QED) is 0.172. The van der Waals surface area contributed by atoms with Crippen LogP contribution in [0.15, 0.2) is 144 Å². The number of fused-ring (bicyclic) bond motifs is 6. The van der Waals surface area contributed by atoms with Gasteiger partial charge in [-0.05, 0) is 99.1 Å². The third kappa shape index (κ3) is 5.56. The molecule has 0 aliphatic carbocycles. The Bertz CT molecular complexity index is 2830. The van der Waals surface area contributed by atoms with Crippen LogP contribution in [0, 0.1) is 0 Å². The Hall–Kier alpha value is -6.14. The molecule has 0 saturated heterocycles. The summed E-state index contributed by atoms with van der Waals surface area (Å²) in [6.07, 6.45) is -4.47. The SMILES string of the molecule is CC(C)c1cc(-c2ccc(-c3ccccc3)cc2)cc(C(C)C)c1-n1c(-c2cccc3c2oc2c4cc(C(F)(F)F)ccc4ccc32)nc2ccccc21. The highest BCUT2D eigenvalue weighted by molar-refractivity contribution is 6.17. The van der Waals surface area contributed by atoms with Crippen LogP contribution in [0.2, 0.25) is 0 Å². The summed E-state index contributed by atoms with van der Waals surface area (Å²) >= 11 is 0. The van der Waals surface area contributed by atoms with Crippen LogP contribution in [0.1, 0.15) is 56.2 Å². The summed E-state index contributed by atoms with van der Waals surface area (Å²) in [4.78, 5) is 5.26. The van der Waals surface area contributed by atoms with Crippen molar-refractivity contribution in [2.45, 2.75) is 45.7 Å². The lowest BCUT2D eigenvalue weighted by Crippen LogP contribution is -2.09. The summed E-state index contributed by atoms with van der Waals surface area (Å²) in [6.45, 7) is 8.91. The number of halogens is 3. The second-order valence-electron chi connectivity index (χ2n) is 14.7. The monoisotopic (exact) mass is 714 g/mol. The van der Waals surface area contributed by atoms with E-state index in [4.69, 9.17) is 9.40 Å². The Morgan fingerprint density at radius 2 is 1.17 bits per heavy atom. The number of benzene rings is 7. The molecule has 7 aromatic carbocycles. The van der Waals surface area contributed by atoms with Crippen molar-refractivity contribution in [2.75, 3.05) is 0 Å². The zero-order valence-electron chi connectivity index (χ0n) is 30.4. The second kappa shape index (κ2) is 12.8. The van der Waals surface area contributed by atoms with Gasteiger partial charge in [-0.3, -0.25) is 4.57 Å². The van der Waals surface area contributed by atoms with E-state index in [0.29, 0.717) is 27.8 Å². The molecule has 266 valence electrons. The highest BCUT2D eigenvalue weighted by atomic mass is 19.4. The molecule has 0 fully saturated rings. The van der Waals surface area contributed by atoms with Crippen molar-refractivity contribution in [1.82, 2.24) is 9.55 Å². The summed E-state index contributed by atoms with van der Waals surface area (Å²) in [5, 5.41) is 2.69. The van der Waals surface area contributed by atoms with Crippen molar-refractivity contribution in [3.8, 4) is 39.3 Å². The van der Waals surface area contributed by atoms with Crippen molar-refractivity contribution < 1.29 is 17.6 Å². The van der Waals surface area contributed by atoms with Crippen molar-refractivity contribution in [1.29, 1.82) is 0 Å². The fraction of sp³-hybridized carbons (Fsp3) is 0.146. The van der Waals surface area contributed by atoms with Gasteiger partial charge in [0.2, 0.25) is 0 Å². The van der Waals surface area contributed by atoms with Gasteiger partial charge in [0.05, 0.1) is 27.8 Å². The van der Waals surface area contributed by atoms with Crippen LogP contribution in [0.25, 0.3) is 83.1 Å². The van der Waals surface area contributed by atoms with Crippen LogP contribution >= 0.6 is 0 Å². The van der Waals surface area contributed by atoms with Gasteiger partial charge in [0.25, 0.3) is 0 Å². The molecule has 0 bridgehead atoms. The minimum Gasteiger partial charge on any atom is -0.455 e. The number of nitrogens with zero attached hydrogens (tertiary/aromatic N) is 2. The molecule has 0 atom stereocenters. The smallest absolute Gasteiger partial charge is 0.416 e. The van der Waals surface area contributed by atoms with Crippen molar-refractivity contribution >= 4 is 43.7 Å². The maximum atomic E-state index is 13.9. The first-order valence-electron chi connectivity index (χ1n) is 18.3. The molecule has 6 heteroatoms. The molecular weight excluding hydrogens is 678 g/mol. The first-order chi connectivity index (χ1) is 26.1. The number of para-hydroxylation sites is 3. The van der Waals surface area contributed by atoms with Gasteiger partial charge < -0.3 is 4.42 Å². The highest BCUT2D eigenvalue weighted by Gasteiger charge is 2.31. The van der Waals surface area contributed by atoms with Crippen molar-refractivity contribution in [2.24, 2.45) is 0 Å². The average Bonchev–Trinajstić information content (AvgIpc) is 3.76. The first kappa shape index (κ1) is 33.7. The summed E-state index contributed by atoms with van der Waals surface area (Å²) in [5.41, 5.74) is 11.0. The normalized spacial score (nSPS) is 12.3. The number of rotatable bonds is 6. The van der Waals surface area contributed by atoms with Gasteiger partial charge in [0.15, 0.2) is 0 Å². The lowest BCUT2D eigenvalue weighted by Gasteiger charge is -2.24. The number of furan rings is 1. The Morgan fingerprint density at radius 1 is 0.556 bits per heavy atom. The van der Waals surface area contributed by atoms with Gasteiger partial charge in [-0.2, -0.15) is 13.2 Å². The predicted octanol–water partition coefficient (Wildman–Crippen LogP) is 14.3. The molecular formula is C48H37F3N2O. The number of imidazole rings is 1. The predicted molar refractivity (Wildman–Crippen MR) is 215 cm³/mol. The molecule has 0 unspecified atom stereocenters. The van der Waals surface area contributed by atoms with Crippen LogP contribution in [-0.2, 0) is 6.18 Å². The molecule has 0 saturated carbocycles. The van der Waals surface area contributed by atoms with Gasteiger partial charge >= 0.3 is 6.18 Å². The molecule has 0 radical (unpaired) electrons. The third-order valence-corrected chi connectivity index (χ3v) is 10.6. The average molecular weight is 715 g/mol. The van der Waals surface area contributed by atoms with Gasteiger partial charge in [-0.25, -0.2) is 4.98 Å². The van der Waals surface area contributed by atoms with E-state index >= 15 is 0 Å². The summed E-state index contributed by atoms with van der Waals surface area (Å²) in [5.74, 6) is 1.06. The van der Waals surface area contributed by atoms with Gasteiger partial charge in [-0.1, -0.05) is 119 Å². The first-order valence-corrected chi connectivity index (χ1v) is 18.3. The molecule has 0 N–H and O–H groups in total. The molecule has 0 aliphatic heterocycles. The molecule has 2 heterocycles. The fourth-order valence-electron chi connectivity index (χ4n) is 7.83. The lowest BCUT2D eigenvalue weighted by atomic mass is 9.87. The maximum Gasteiger partial charge on any atom is 0.416 e. The van der Waals surface area contributed by atoms with E-state index in [9.17, 15) is 13.2 Å². The lowest BCUT2D eigenvalue weighted by molar-refractivity contribution is -0.137. The Kier molecular flexibility index (Phi) is 7.96. The molecule has 2 aromatic heterocycles. The molecule has 0 spiro atoms. The Balaban J connectivity index is 1.28. The highest BCUT2D eigenvalue weighted by Crippen LogP contribution is 2.44. The largest absolute Gasteiger partial charge is 0.455 e.